The Kier molecular flexibility index (Phi) is 6.57. The highest BCUT2D eigenvalue weighted by molar-refractivity contribution is 5.22. The second-order valence-corrected chi connectivity index (χ2v) is 6.88. The Morgan fingerprint density at radius 3 is 2.47 bits per heavy atom. The maximum Gasteiger partial charge on any atom is 0.00703 e. The topological polar surface area (TPSA) is 12.0 Å². The summed E-state index contributed by atoms with van der Waals surface area (Å²) in [6.07, 6.45) is 5.00. The largest absolute Gasteiger partial charge is 0.314 e. The van der Waals surface area contributed by atoms with E-state index in [4.69, 9.17) is 0 Å². The predicted molar refractivity (Wildman–Crippen MR) is 85.7 cm³/mol. The summed E-state index contributed by atoms with van der Waals surface area (Å²) in [5.41, 5.74) is 3.28. The molecular weight excluding hydrogens is 230 g/mol. The highest BCUT2D eigenvalue weighted by Gasteiger charge is 2.14. The molecule has 1 atom stereocenters. The fourth-order valence-electron chi connectivity index (χ4n) is 2.45. The van der Waals surface area contributed by atoms with Gasteiger partial charge in [0.05, 0.1) is 0 Å². The minimum absolute atomic E-state index is 0.441. The van der Waals surface area contributed by atoms with E-state index in [0.717, 1.165) is 6.54 Å². The van der Waals surface area contributed by atoms with Crippen LogP contribution in [0, 0.1) is 12.3 Å². The molecule has 1 heteroatoms. The summed E-state index contributed by atoms with van der Waals surface area (Å²) < 4.78 is 0. The summed E-state index contributed by atoms with van der Waals surface area (Å²) in [4.78, 5) is 0. The molecule has 0 aliphatic heterocycles. The average molecular weight is 261 g/mol. The molecular formula is C18H31N. The summed E-state index contributed by atoms with van der Waals surface area (Å²) >= 11 is 0. The standard InChI is InChI=1S/C18H31N/c1-6-19-17(12-13-18(3,4)5)11-10-16-9-7-8-15(2)14-16/h7-9,14,17,19H,6,10-13H2,1-5H3. The highest BCUT2D eigenvalue weighted by Crippen LogP contribution is 2.23. The van der Waals surface area contributed by atoms with Crippen LogP contribution in [0.25, 0.3) is 0 Å². The van der Waals surface area contributed by atoms with E-state index in [-0.39, 0.29) is 0 Å². The molecule has 0 amide bonds. The molecule has 1 nitrogen and oxygen atoms in total. The SMILES string of the molecule is CCNC(CCc1cccc(C)c1)CCC(C)(C)C. The van der Waals surface area contributed by atoms with Crippen LogP contribution < -0.4 is 5.32 Å². The maximum absolute atomic E-state index is 3.64. The second kappa shape index (κ2) is 7.69. The number of hydrogen-bond acceptors (Lipinski definition) is 1. The zero-order chi connectivity index (χ0) is 14.3. The third-order valence-corrected chi connectivity index (χ3v) is 3.60. The average Bonchev–Trinajstić information content (AvgIpc) is 2.32. The van der Waals surface area contributed by atoms with E-state index in [1.165, 1.54) is 36.8 Å². The van der Waals surface area contributed by atoms with Crippen molar-refractivity contribution in [1.82, 2.24) is 5.32 Å². The first-order valence-electron chi connectivity index (χ1n) is 7.69. The van der Waals surface area contributed by atoms with Gasteiger partial charge in [0.15, 0.2) is 0 Å². The number of benzene rings is 1. The van der Waals surface area contributed by atoms with Crippen molar-refractivity contribution < 1.29 is 0 Å². The Morgan fingerprint density at radius 1 is 1.16 bits per heavy atom. The minimum Gasteiger partial charge on any atom is -0.314 e. The molecule has 108 valence electrons. The smallest absolute Gasteiger partial charge is 0.00703 e. The molecule has 0 aliphatic carbocycles. The van der Waals surface area contributed by atoms with Crippen LogP contribution in [0.3, 0.4) is 0 Å². The van der Waals surface area contributed by atoms with Crippen molar-refractivity contribution in [2.75, 3.05) is 6.54 Å². The first-order chi connectivity index (χ1) is 8.90. The molecule has 1 aromatic rings. The third-order valence-electron chi connectivity index (χ3n) is 3.60. The van der Waals surface area contributed by atoms with E-state index in [9.17, 15) is 0 Å². The normalized spacial score (nSPS) is 13.5. The van der Waals surface area contributed by atoms with Crippen LogP contribution >= 0.6 is 0 Å². The summed E-state index contributed by atoms with van der Waals surface area (Å²) in [5, 5.41) is 3.64. The van der Waals surface area contributed by atoms with Crippen LogP contribution in [0.5, 0.6) is 0 Å². The van der Waals surface area contributed by atoms with Gasteiger partial charge in [0.1, 0.15) is 0 Å². The minimum atomic E-state index is 0.441. The van der Waals surface area contributed by atoms with Gasteiger partial charge in [0.2, 0.25) is 0 Å². The lowest BCUT2D eigenvalue weighted by molar-refractivity contribution is 0.324. The fourth-order valence-corrected chi connectivity index (χ4v) is 2.45. The molecule has 1 rings (SSSR count). The monoisotopic (exact) mass is 261 g/mol. The maximum atomic E-state index is 3.64. The molecule has 1 N–H and O–H groups in total. The van der Waals surface area contributed by atoms with E-state index in [2.05, 4.69) is 64.2 Å². The molecule has 0 saturated carbocycles. The summed E-state index contributed by atoms with van der Waals surface area (Å²) in [6, 6.07) is 9.56. The lowest BCUT2D eigenvalue weighted by Crippen LogP contribution is -2.30. The Morgan fingerprint density at radius 2 is 1.89 bits per heavy atom. The van der Waals surface area contributed by atoms with E-state index < -0.39 is 0 Å². The van der Waals surface area contributed by atoms with Crippen LogP contribution in [-0.2, 0) is 6.42 Å². The molecule has 0 bridgehead atoms. The van der Waals surface area contributed by atoms with E-state index in [0.29, 0.717) is 11.5 Å². The van der Waals surface area contributed by atoms with Crippen molar-refractivity contribution in [1.29, 1.82) is 0 Å². The van der Waals surface area contributed by atoms with Crippen molar-refractivity contribution in [2.24, 2.45) is 5.41 Å². The van der Waals surface area contributed by atoms with Gasteiger partial charge in [0.25, 0.3) is 0 Å². The number of nitrogens with one attached hydrogen (secondary N) is 1. The Hall–Kier alpha value is -0.820. The highest BCUT2D eigenvalue weighted by atomic mass is 14.9. The van der Waals surface area contributed by atoms with Crippen molar-refractivity contribution >= 4 is 0 Å². The first-order valence-corrected chi connectivity index (χ1v) is 7.69. The molecule has 0 spiro atoms. The van der Waals surface area contributed by atoms with Crippen LogP contribution in [0.1, 0.15) is 58.1 Å². The zero-order valence-electron chi connectivity index (χ0n) is 13.4. The summed E-state index contributed by atoms with van der Waals surface area (Å²) in [7, 11) is 0. The second-order valence-electron chi connectivity index (χ2n) is 6.88. The van der Waals surface area contributed by atoms with Crippen LogP contribution in [-0.4, -0.2) is 12.6 Å². The lowest BCUT2D eigenvalue weighted by atomic mass is 9.87. The van der Waals surface area contributed by atoms with E-state index >= 15 is 0 Å². The molecule has 0 saturated heterocycles. The molecule has 19 heavy (non-hydrogen) atoms. The quantitative estimate of drug-likeness (QED) is 0.748. The van der Waals surface area contributed by atoms with Gasteiger partial charge in [-0.2, -0.15) is 0 Å². The molecule has 1 unspecified atom stereocenters. The van der Waals surface area contributed by atoms with Gasteiger partial charge < -0.3 is 5.32 Å². The van der Waals surface area contributed by atoms with E-state index in [1.54, 1.807) is 0 Å². The molecule has 0 aromatic heterocycles. The van der Waals surface area contributed by atoms with Gasteiger partial charge in [-0.15, -0.1) is 0 Å². The first kappa shape index (κ1) is 16.2. The van der Waals surface area contributed by atoms with Crippen LogP contribution in [0.4, 0.5) is 0 Å². The van der Waals surface area contributed by atoms with Crippen molar-refractivity contribution in [3.63, 3.8) is 0 Å². The van der Waals surface area contributed by atoms with Crippen molar-refractivity contribution in [3.05, 3.63) is 35.4 Å². The molecule has 0 aliphatic rings. The summed E-state index contributed by atoms with van der Waals surface area (Å²) in [6.45, 7) is 12.4. The van der Waals surface area contributed by atoms with Gasteiger partial charge in [-0.3, -0.25) is 0 Å². The fraction of sp³-hybridized carbons (Fsp3) is 0.667. The third kappa shape index (κ3) is 7.37. The number of rotatable bonds is 7. The van der Waals surface area contributed by atoms with Gasteiger partial charge in [0, 0.05) is 6.04 Å². The van der Waals surface area contributed by atoms with E-state index in [1.807, 2.05) is 0 Å². The Labute approximate surface area is 119 Å². The molecule has 0 fully saturated rings. The van der Waals surface area contributed by atoms with Gasteiger partial charge in [-0.1, -0.05) is 57.5 Å². The van der Waals surface area contributed by atoms with Crippen molar-refractivity contribution in [3.8, 4) is 0 Å². The molecule has 1 aromatic carbocycles. The van der Waals surface area contributed by atoms with Gasteiger partial charge >= 0.3 is 0 Å². The predicted octanol–water partition coefficient (Wildman–Crippen LogP) is 4.73. The Balaban J connectivity index is 2.45. The lowest BCUT2D eigenvalue weighted by Gasteiger charge is -2.24. The van der Waals surface area contributed by atoms with Gasteiger partial charge in [-0.05, 0) is 50.1 Å². The number of hydrogen-bond donors (Lipinski definition) is 1. The Bertz CT molecular complexity index is 362. The number of aryl methyl sites for hydroxylation is 2. The summed E-state index contributed by atoms with van der Waals surface area (Å²) in [5.74, 6) is 0. The van der Waals surface area contributed by atoms with Crippen LogP contribution in [0.2, 0.25) is 0 Å². The van der Waals surface area contributed by atoms with Gasteiger partial charge in [-0.25, -0.2) is 0 Å². The van der Waals surface area contributed by atoms with Crippen molar-refractivity contribution in [2.45, 2.75) is 66.3 Å². The van der Waals surface area contributed by atoms with Crippen LogP contribution in [0.15, 0.2) is 24.3 Å². The zero-order valence-corrected chi connectivity index (χ0v) is 13.4. The molecule has 0 heterocycles. The molecule has 0 radical (unpaired) electrons.